The molecule has 0 aliphatic rings. The smallest absolute Gasteiger partial charge is 0.337 e. The topological polar surface area (TPSA) is 90.9 Å². The number of benzene rings is 2. The van der Waals surface area contributed by atoms with Crippen molar-refractivity contribution in [3.63, 3.8) is 0 Å². The first kappa shape index (κ1) is 19.7. The molecule has 2 aromatic rings. The number of esters is 2. The molecule has 140 valence electrons. The summed E-state index contributed by atoms with van der Waals surface area (Å²) in [5.74, 6) is -0.960. The van der Waals surface area contributed by atoms with Crippen LogP contribution in [-0.4, -0.2) is 38.7 Å². The van der Waals surface area contributed by atoms with Gasteiger partial charge < -0.3 is 19.5 Å². The number of nitrogens with one attached hydrogen (secondary N) is 1. The molecule has 0 bridgehead atoms. The van der Waals surface area contributed by atoms with Gasteiger partial charge in [-0.2, -0.15) is 0 Å². The summed E-state index contributed by atoms with van der Waals surface area (Å²) < 4.78 is 14.6. The summed E-state index contributed by atoms with van der Waals surface area (Å²) in [7, 11) is 2.83. The van der Waals surface area contributed by atoms with Gasteiger partial charge in [0.25, 0.3) is 5.91 Å². The van der Waals surface area contributed by atoms with Crippen molar-refractivity contribution in [2.45, 2.75) is 0 Å². The molecule has 0 fully saturated rings. The van der Waals surface area contributed by atoms with Gasteiger partial charge in [0.2, 0.25) is 0 Å². The Hall–Kier alpha value is -3.61. The molecule has 0 heterocycles. The highest BCUT2D eigenvalue weighted by molar-refractivity contribution is 5.95. The molecule has 27 heavy (non-hydrogen) atoms. The normalized spacial score (nSPS) is 10.3. The Morgan fingerprint density at radius 3 is 2.44 bits per heavy atom. The van der Waals surface area contributed by atoms with Gasteiger partial charge in [-0.25, -0.2) is 9.59 Å². The number of hydrogen-bond donors (Lipinski definition) is 1. The Morgan fingerprint density at radius 1 is 1.04 bits per heavy atom. The van der Waals surface area contributed by atoms with Gasteiger partial charge in [-0.05, 0) is 35.9 Å². The summed E-state index contributed by atoms with van der Waals surface area (Å²) >= 11 is 0. The lowest BCUT2D eigenvalue weighted by molar-refractivity contribution is -0.142. The predicted molar refractivity (Wildman–Crippen MR) is 99.4 cm³/mol. The minimum Gasteiger partial charge on any atom is -0.497 e. The molecule has 0 radical (unpaired) electrons. The van der Waals surface area contributed by atoms with Crippen LogP contribution in [0.3, 0.4) is 0 Å². The molecule has 0 saturated carbocycles. The first-order valence-electron chi connectivity index (χ1n) is 7.99. The fraction of sp³-hybridized carbons (Fsp3) is 0.150. The average molecular weight is 369 g/mol. The quantitative estimate of drug-likeness (QED) is 0.596. The van der Waals surface area contributed by atoms with Crippen molar-refractivity contribution in [2.24, 2.45) is 0 Å². The van der Waals surface area contributed by atoms with Crippen LogP contribution < -0.4 is 10.1 Å². The molecular formula is C20H19NO6. The Kier molecular flexibility index (Phi) is 7.13. The van der Waals surface area contributed by atoms with Crippen LogP contribution in [0.1, 0.15) is 15.9 Å². The van der Waals surface area contributed by atoms with Crippen LogP contribution >= 0.6 is 0 Å². The zero-order valence-corrected chi connectivity index (χ0v) is 14.9. The van der Waals surface area contributed by atoms with Crippen molar-refractivity contribution in [1.29, 1.82) is 0 Å². The maximum absolute atomic E-state index is 11.8. The summed E-state index contributed by atoms with van der Waals surface area (Å²) in [6, 6.07) is 13.3. The number of hydrogen-bond acceptors (Lipinski definition) is 6. The van der Waals surface area contributed by atoms with E-state index in [-0.39, 0.29) is 0 Å². The number of methoxy groups -OCH3 is 2. The van der Waals surface area contributed by atoms with Crippen LogP contribution in [0.2, 0.25) is 0 Å². The van der Waals surface area contributed by atoms with Crippen molar-refractivity contribution in [1.82, 2.24) is 0 Å². The van der Waals surface area contributed by atoms with Crippen LogP contribution in [0.25, 0.3) is 6.08 Å². The molecule has 7 heteroatoms. The molecule has 0 saturated heterocycles. The average Bonchev–Trinajstić information content (AvgIpc) is 2.70. The second kappa shape index (κ2) is 9.76. The highest BCUT2D eigenvalue weighted by atomic mass is 16.5. The number of anilines is 1. The van der Waals surface area contributed by atoms with Crippen molar-refractivity contribution < 1.29 is 28.6 Å². The number of rotatable bonds is 7. The van der Waals surface area contributed by atoms with E-state index in [1.54, 1.807) is 48.5 Å². The fourth-order valence-electron chi connectivity index (χ4n) is 2.10. The third-order valence-corrected chi connectivity index (χ3v) is 3.44. The lowest BCUT2D eigenvalue weighted by Gasteiger charge is -2.07. The molecule has 0 unspecified atom stereocenters. The monoisotopic (exact) mass is 369 g/mol. The second-order valence-electron chi connectivity index (χ2n) is 5.33. The molecule has 7 nitrogen and oxygen atoms in total. The molecule has 1 N–H and O–H groups in total. The van der Waals surface area contributed by atoms with E-state index in [1.165, 1.54) is 26.4 Å². The molecule has 0 aliphatic heterocycles. The van der Waals surface area contributed by atoms with E-state index in [0.717, 1.165) is 0 Å². The lowest BCUT2D eigenvalue weighted by Crippen LogP contribution is -2.20. The molecule has 1 amide bonds. The number of carbonyl (C=O) groups excluding carboxylic acids is 3. The number of amides is 1. The second-order valence-corrected chi connectivity index (χ2v) is 5.33. The van der Waals surface area contributed by atoms with E-state index in [1.807, 2.05) is 0 Å². The molecule has 0 aliphatic carbocycles. The Labute approximate surface area is 156 Å². The fourth-order valence-corrected chi connectivity index (χ4v) is 2.10. The van der Waals surface area contributed by atoms with Gasteiger partial charge in [0.1, 0.15) is 5.75 Å². The molecule has 0 spiro atoms. The van der Waals surface area contributed by atoms with Gasteiger partial charge in [-0.15, -0.1) is 0 Å². The van der Waals surface area contributed by atoms with Crippen LogP contribution in [-0.2, 0) is 19.1 Å². The number of carbonyl (C=O) groups is 3. The summed E-state index contributed by atoms with van der Waals surface area (Å²) in [5, 5.41) is 2.60. The van der Waals surface area contributed by atoms with Gasteiger partial charge in [0.15, 0.2) is 6.61 Å². The van der Waals surface area contributed by atoms with Gasteiger partial charge in [0.05, 0.1) is 19.8 Å². The Balaban J connectivity index is 1.81. The largest absolute Gasteiger partial charge is 0.497 e. The first-order valence-corrected chi connectivity index (χ1v) is 7.99. The third-order valence-electron chi connectivity index (χ3n) is 3.44. The predicted octanol–water partition coefficient (Wildman–Crippen LogP) is 2.68. The summed E-state index contributed by atoms with van der Waals surface area (Å²) in [5.41, 5.74) is 1.64. The van der Waals surface area contributed by atoms with Crippen molar-refractivity contribution in [3.05, 3.63) is 65.7 Å². The third kappa shape index (κ3) is 6.32. The van der Waals surface area contributed by atoms with E-state index < -0.39 is 24.5 Å². The van der Waals surface area contributed by atoms with Gasteiger partial charge in [-0.3, -0.25) is 4.79 Å². The Morgan fingerprint density at radius 2 is 1.78 bits per heavy atom. The summed E-state index contributed by atoms with van der Waals surface area (Å²) in [6.45, 7) is -0.415. The summed E-state index contributed by atoms with van der Waals surface area (Å²) in [6.07, 6.45) is 2.72. The zero-order chi connectivity index (χ0) is 19.6. The Bertz CT molecular complexity index is 842. The van der Waals surface area contributed by atoms with Crippen LogP contribution in [0, 0.1) is 0 Å². The maximum atomic E-state index is 11.8. The highest BCUT2D eigenvalue weighted by Gasteiger charge is 2.07. The standard InChI is InChI=1S/C20H19NO6/c1-25-17-5-3-4-16(12-17)21-18(22)13-27-19(23)11-8-14-6-9-15(10-7-14)20(24)26-2/h3-12H,13H2,1-2H3,(H,21,22)/b11-8+. The van der Waals surface area contributed by atoms with E-state index in [4.69, 9.17) is 9.47 Å². The van der Waals surface area contributed by atoms with E-state index in [0.29, 0.717) is 22.6 Å². The van der Waals surface area contributed by atoms with Crippen LogP contribution in [0.15, 0.2) is 54.6 Å². The van der Waals surface area contributed by atoms with Gasteiger partial charge in [-0.1, -0.05) is 18.2 Å². The SMILES string of the molecule is COC(=O)c1ccc(/C=C/C(=O)OCC(=O)Nc2cccc(OC)c2)cc1. The van der Waals surface area contributed by atoms with Crippen LogP contribution in [0.5, 0.6) is 5.75 Å². The molecule has 0 atom stereocenters. The highest BCUT2D eigenvalue weighted by Crippen LogP contribution is 2.16. The first-order chi connectivity index (χ1) is 13.0. The lowest BCUT2D eigenvalue weighted by atomic mass is 10.1. The zero-order valence-electron chi connectivity index (χ0n) is 14.9. The van der Waals surface area contributed by atoms with E-state index in [9.17, 15) is 14.4 Å². The molecule has 2 aromatic carbocycles. The molecule has 0 aromatic heterocycles. The van der Waals surface area contributed by atoms with Crippen molar-refractivity contribution in [2.75, 3.05) is 26.1 Å². The summed E-state index contributed by atoms with van der Waals surface area (Å²) in [4.78, 5) is 34.9. The van der Waals surface area contributed by atoms with E-state index in [2.05, 4.69) is 10.1 Å². The van der Waals surface area contributed by atoms with Crippen molar-refractivity contribution >= 4 is 29.6 Å². The maximum Gasteiger partial charge on any atom is 0.337 e. The minimum absolute atomic E-state index is 0.409. The van der Waals surface area contributed by atoms with Gasteiger partial charge >= 0.3 is 11.9 Å². The van der Waals surface area contributed by atoms with Crippen LogP contribution in [0.4, 0.5) is 5.69 Å². The molecular weight excluding hydrogens is 350 g/mol. The minimum atomic E-state index is -0.659. The van der Waals surface area contributed by atoms with E-state index >= 15 is 0 Å². The van der Waals surface area contributed by atoms with Crippen molar-refractivity contribution in [3.8, 4) is 5.75 Å². The number of ether oxygens (including phenoxy) is 3. The van der Waals surface area contributed by atoms with Gasteiger partial charge in [0, 0.05) is 17.8 Å². The molecule has 2 rings (SSSR count).